The minimum Gasteiger partial charge on any atom is -0.368 e. The lowest BCUT2D eigenvalue weighted by atomic mass is 10.3. The highest BCUT2D eigenvalue weighted by Crippen LogP contribution is 2.16. The Labute approximate surface area is 133 Å². The zero-order valence-corrected chi connectivity index (χ0v) is 12.8. The van der Waals surface area contributed by atoms with E-state index in [9.17, 15) is 9.18 Å². The zero-order chi connectivity index (χ0) is 16.2. The number of halogens is 1. The molecule has 2 aromatic rings. The Bertz CT molecular complexity index is 698. The minimum atomic E-state index is -0.431. The molecular weight excluding hydrogens is 297 g/mol. The van der Waals surface area contributed by atoms with E-state index in [1.165, 1.54) is 19.1 Å². The first-order valence-electron chi connectivity index (χ1n) is 7.50. The van der Waals surface area contributed by atoms with Crippen LogP contribution in [-0.2, 0) is 0 Å². The number of nitrogens with zero attached hydrogens (tertiary/aromatic N) is 3. The number of carbonyl (C=O) groups is 1. The molecule has 0 atom stereocenters. The van der Waals surface area contributed by atoms with E-state index in [0.29, 0.717) is 5.82 Å². The summed E-state index contributed by atoms with van der Waals surface area (Å²) in [6, 6.07) is 6.27. The summed E-state index contributed by atoms with van der Waals surface area (Å²) in [5, 5.41) is 5.97. The van der Waals surface area contributed by atoms with Crippen LogP contribution in [0.3, 0.4) is 0 Å². The molecule has 0 unspecified atom stereocenters. The average molecular weight is 315 g/mol. The first kappa shape index (κ1) is 15.4. The highest BCUT2D eigenvalue weighted by molar-refractivity contribution is 6.02. The maximum Gasteiger partial charge on any atom is 0.275 e. The topological polar surface area (TPSA) is 70.2 Å². The molecule has 0 aliphatic carbocycles. The van der Waals surface area contributed by atoms with Crippen LogP contribution in [0, 0.1) is 12.7 Å². The molecule has 1 saturated heterocycles. The molecule has 1 fully saturated rings. The lowest BCUT2D eigenvalue weighted by Gasteiger charge is -2.29. The van der Waals surface area contributed by atoms with Crippen LogP contribution < -0.4 is 15.5 Å². The van der Waals surface area contributed by atoms with Crippen LogP contribution in [-0.4, -0.2) is 42.1 Å². The van der Waals surface area contributed by atoms with E-state index in [1.54, 1.807) is 12.3 Å². The van der Waals surface area contributed by atoms with Crippen molar-refractivity contribution < 1.29 is 9.18 Å². The Morgan fingerprint density at radius 1 is 1.26 bits per heavy atom. The summed E-state index contributed by atoms with van der Waals surface area (Å²) in [7, 11) is 0. The van der Waals surface area contributed by atoms with Crippen LogP contribution in [0.15, 0.2) is 30.5 Å². The van der Waals surface area contributed by atoms with Crippen LogP contribution in [0.1, 0.15) is 16.2 Å². The highest BCUT2D eigenvalue weighted by Gasteiger charge is 2.13. The van der Waals surface area contributed by atoms with Crippen LogP contribution in [0.2, 0.25) is 0 Å². The van der Waals surface area contributed by atoms with Crippen LogP contribution in [0.4, 0.5) is 15.9 Å². The summed E-state index contributed by atoms with van der Waals surface area (Å²) >= 11 is 0. The van der Waals surface area contributed by atoms with Gasteiger partial charge in [0, 0.05) is 26.2 Å². The number of carbonyl (C=O) groups excluding carboxylic acids is 1. The number of hydrogen-bond acceptors (Lipinski definition) is 5. The number of rotatable bonds is 3. The Morgan fingerprint density at radius 2 is 2.04 bits per heavy atom. The van der Waals surface area contributed by atoms with Crippen LogP contribution in [0.5, 0.6) is 0 Å². The van der Waals surface area contributed by atoms with E-state index >= 15 is 0 Å². The summed E-state index contributed by atoms with van der Waals surface area (Å²) < 4.78 is 13.2. The second-order valence-electron chi connectivity index (χ2n) is 5.36. The quantitative estimate of drug-likeness (QED) is 0.900. The van der Waals surface area contributed by atoms with Gasteiger partial charge in [-0.15, -0.1) is 0 Å². The summed E-state index contributed by atoms with van der Waals surface area (Å²) in [4.78, 5) is 22.5. The molecule has 7 heteroatoms. The third kappa shape index (κ3) is 3.62. The van der Waals surface area contributed by atoms with Crippen molar-refractivity contribution in [2.75, 3.05) is 36.4 Å². The SMILES string of the molecule is Cc1nc(C(=O)Nc2ccc(N3CCNCC3)cn2)ccc1F. The average Bonchev–Trinajstić information content (AvgIpc) is 2.59. The normalized spacial score (nSPS) is 14.6. The van der Waals surface area contributed by atoms with Crippen molar-refractivity contribution in [1.82, 2.24) is 15.3 Å². The van der Waals surface area contributed by atoms with E-state index in [0.717, 1.165) is 31.9 Å². The third-order valence-corrected chi connectivity index (χ3v) is 3.73. The fourth-order valence-electron chi connectivity index (χ4n) is 2.42. The Balaban J connectivity index is 1.67. The van der Waals surface area contributed by atoms with Gasteiger partial charge >= 0.3 is 0 Å². The Morgan fingerprint density at radius 3 is 2.70 bits per heavy atom. The van der Waals surface area contributed by atoms with Crippen molar-refractivity contribution in [3.8, 4) is 0 Å². The highest BCUT2D eigenvalue weighted by atomic mass is 19.1. The lowest BCUT2D eigenvalue weighted by molar-refractivity contribution is 0.102. The summed E-state index contributed by atoms with van der Waals surface area (Å²) in [6.07, 6.45) is 1.74. The molecule has 0 radical (unpaired) electrons. The molecule has 1 aliphatic heterocycles. The maximum absolute atomic E-state index is 13.2. The van der Waals surface area contributed by atoms with Crippen molar-refractivity contribution in [3.05, 3.63) is 47.7 Å². The molecule has 120 valence electrons. The second kappa shape index (κ2) is 6.70. The zero-order valence-electron chi connectivity index (χ0n) is 12.8. The third-order valence-electron chi connectivity index (χ3n) is 3.73. The Hall–Kier alpha value is -2.54. The van der Waals surface area contributed by atoms with Crippen molar-refractivity contribution in [1.29, 1.82) is 0 Å². The first-order chi connectivity index (χ1) is 11.1. The van der Waals surface area contributed by atoms with Crippen LogP contribution >= 0.6 is 0 Å². The number of aromatic nitrogens is 2. The van der Waals surface area contributed by atoms with Gasteiger partial charge in [-0.25, -0.2) is 14.4 Å². The minimum absolute atomic E-state index is 0.164. The molecular formula is C16H18FN5O. The van der Waals surface area contributed by atoms with Gasteiger partial charge in [0.25, 0.3) is 5.91 Å². The fraction of sp³-hybridized carbons (Fsp3) is 0.312. The van der Waals surface area contributed by atoms with Crippen molar-refractivity contribution in [2.24, 2.45) is 0 Å². The molecule has 2 N–H and O–H groups in total. The summed E-state index contributed by atoms with van der Waals surface area (Å²) in [5.41, 5.74) is 1.39. The molecule has 6 nitrogen and oxygen atoms in total. The van der Waals surface area contributed by atoms with Gasteiger partial charge in [0.15, 0.2) is 0 Å². The predicted molar refractivity (Wildman–Crippen MR) is 86.2 cm³/mol. The van der Waals surface area contributed by atoms with E-state index in [-0.39, 0.29) is 11.4 Å². The van der Waals surface area contributed by atoms with Gasteiger partial charge in [0.05, 0.1) is 17.6 Å². The van der Waals surface area contributed by atoms with Gasteiger partial charge in [0.1, 0.15) is 17.3 Å². The van der Waals surface area contributed by atoms with Gasteiger partial charge in [-0.3, -0.25) is 4.79 Å². The molecule has 23 heavy (non-hydrogen) atoms. The van der Waals surface area contributed by atoms with E-state index in [2.05, 4.69) is 25.5 Å². The van der Waals surface area contributed by atoms with Gasteiger partial charge < -0.3 is 15.5 Å². The summed E-state index contributed by atoms with van der Waals surface area (Å²) in [5.74, 6) is -0.395. The molecule has 0 saturated carbocycles. The second-order valence-corrected chi connectivity index (χ2v) is 5.36. The van der Waals surface area contributed by atoms with Crippen LogP contribution in [0.25, 0.3) is 0 Å². The standard InChI is InChI=1S/C16H18FN5O/c1-11-13(17)3-4-14(20-11)16(23)21-15-5-2-12(10-19-15)22-8-6-18-7-9-22/h2-5,10,18H,6-9H2,1H3,(H,19,21,23). The lowest BCUT2D eigenvalue weighted by Crippen LogP contribution is -2.43. The molecule has 2 aromatic heterocycles. The number of nitrogens with one attached hydrogen (secondary N) is 2. The fourth-order valence-corrected chi connectivity index (χ4v) is 2.42. The number of aryl methyl sites for hydroxylation is 1. The van der Waals surface area contributed by atoms with Gasteiger partial charge in [-0.2, -0.15) is 0 Å². The number of piperazine rings is 1. The van der Waals surface area contributed by atoms with Crippen molar-refractivity contribution in [2.45, 2.75) is 6.92 Å². The summed E-state index contributed by atoms with van der Waals surface area (Å²) in [6.45, 7) is 5.30. The molecule has 0 bridgehead atoms. The predicted octanol–water partition coefficient (Wildman–Crippen LogP) is 1.59. The van der Waals surface area contributed by atoms with Gasteiger partial charge in [-0.05, 0) is 31.2 Å². The van der Waals surface area contributed by atoms with Crippen molar-refractivity contribution >= 4 is 17.4 Å². The van der Waals surface area contributed by atoms with E-state index in [1.807, 2.05) is 6.07 Å². The monoisotopic (exact) mass is 315 g/mol. The molecule has 3 heterocycles. The number of anilines is 2. The smallest absolute Gasteiger partial charge is 0.275 e. The molecule has 1 aliphatic rings. The van der Waals surface area contributed by atoms with E-state index < -0.39 is 11.7 Å². The van der Waals surface area contributed by atoms with Crippen molar-refractivity contribution in [3.63, 3.8) is 0 Å². The molecule has 0 spiro atoms. The first-order valence-corrected chi connectivity index (χ1v) is 7.50. The Kier molecular flexibility index (Phi) is 4.47. The molecule has 3 rings (SSSR count). The molecule has 1 amide bonds. The van der Waals surface area contributed by atoms with Gasteiger partial charge in [-0.1, -0.05) is 0 Å². The number of hydrogen-bond donors (Lipinski definition) is 2. The maximum atomic E-state index is 13.2. The number of pyridine rings is 2. The van der Waals surface area contributed by atoms with Gasteiger partial charge in [0.2, 0.25) is 0 Å². The van der Waals surface area contributed by atoms with E-state index in [4.69, 9.17) is 0 Å². The molecule has 0 aromatic carbocycles. The largest absolute Gasteiger partial charge is 0.368 e. The number of amides is 1.